The molecule has 0 radical (unpaired) electrons. The third-order valence-electron chi connectivity index (χ3n) is 2.76. The molecular weight excluding hydrogens is 276 g/mol. The van der Waals surface area contributed by atoms with Crippen molar-refractivity contribution in [2.45, 2.75) is 6.61 Å². The van der Waals surface area contributed by atoms with Gasteiger partial charge in [0.1, 0.15) is 12.3 Å². The Bertz CT molecular complexity index is 748. The van der Waals surface area contributed by atoms with E-state index in [0.717, 1.165) is 0 Å². The second kappa shape index (κ2) is 5.49. The van der Waals surface area contributed by atoms with Gasteiger partial charge in [-0.15, -0.1) is 0 Å². The Morgan fingerprint density at radius 3 is 2.81 bits per heavy atom. The Morgan fingerprint density at radius 1 is 1.19 bits per heavy atom. The van der Waals surface area contributed by atoms with Gasteiger partial charge in [0, 0.05) is 12.1 Å². The number of rotatable bonds is 5. The summed E-state index contributed by atoms with van der Waals surface area (Å²) in [5, 5.41) is 14.7. The Morgan fingerprint density at radius 2 is 2.05 bits per heavy atom. The van der Waals surface area contributed by atoms with Crippen LogP contribution in [0.4, 0.5) is 5.69 Å². The van der Waals surface area contributed by atoms with Crippen LogP contribution in [0.2, 0.25) is 0 Å². The highest BCUT2D eigenvalue weighted by Crippen LogP contribution is 2.27. The van der Waals surface area contributed by atoms with E-state index in [1.54, 1.807) is 30.3 Å². The first-order valence-corrected chi connectivity index (χ1v) is 6.10. The van der Waals surface area contributed by atoms with E-state index < -0.39 is 4.92 Å². The van der Waals surface area contributed by atoms with Crippen LogP contribution in [-0.2, 0) is 6.61 Å². The number of para-hydroxylation sites is 2. The molecule has 0 atom stereocenters. The molecule has 0 saturated carbocycles. The number of nitrogens with zero attached hydrogens (tertiary/aromatic N) is 2. The number of benzene rings is 1. The van der Waals surface area contributed by atoms with E-state index in [4.69, 9.17) is 13.7 Å². The summed E-state index contributed by atoms with van der Waals surface area (Å²) in [6.07, 6.45) is 1.53. The largest absolute Gasteiger partial charge is 0.480 e. The number of nitro benzene ring substituents is 1. The van der Waals surface area contributed by atoms with E-state index in [0.29, 0.717) is 17.2 Å². The molecule has 7 heteroatoms. The Balaban J connectivity index is 1.73. The third-order valence-corrected chi connectivity index (χ3v) is 2.76. The molecule has 0 N–H and O–H groups in total. The van der Waals surface area contributed by atoms with Crippen LogP contribution < -0.4 is 4.74 Å². The minimum absolute atomic E-state index is 0.0645. The molecule has 21 heavy (non-hydrogen) atoms. The molecule has 3 aromatic rings. The first kappa shape index (κ1) is 12.9. The van der Waals surface area contributed by atoms with E-state index in [9.17, 15) is 10.1 Å². The molecule has 3 rings (SSSR count). The van der Waals surface area contributed by atoms with Gasteiger partial charge >= 0.3 is 5.69 Å². The molecule has 0 aliphatic carbocycles. The molecule has 0 bridgehead atoms. The number of ether oxygens (including phenoxy) is 1. The van der Waals surface area contributed by atoms with Crippen LogP contribution >= 0.6 is 0 Å². The van der Waals surface area contributed by atoms with Gasteiger partial charge in [-0.05, 0) is 18.2 Å². The van der Waals surface area contributed by atoms with Crippen LogP contribution in [0.25, 0.3) is 11.5 Å². The summed E-state index contributed by atoms with van der Waals surface area (Å²) >= 11 is 0. The normalized spacial score (nSPS) is 10.5. The zero-order valence-corrected chi connectivity index (χ0v) is 10.8. The maximum atomic E-state index is 10.9. The van der Waals surface area contributed by atoms with E-state index in [1.807, 2.05) is 0 Å². The van der Waals surface area contributed by atoms with Gasteiger partial charge in [-0.3, -0.25) is 10.1 Å². The predicted octanol–water partition coefficient (Wildman–Crippen LogP) is 3.42. The van der Waals surface area contributed by atoms with Crippen molar-refractivity contribution in [3.8, 4) is 17.3 Å². The highest BCUT2D eigenvalue weighted by molar-refractivity contribution is 5.49. The fourth-order valence-corrected chi connectivity index (χ4v) is 1.80. The molecule has 2 aromatic heterocycles. The molecule has 0 fully saturated rings. The highest BCUT2D eigenvalue weighted by atomic mass is 16.6. The average Bonchev–Trinajstić information content (AvgIpc) is 3.16. The standard InChI is InChI=1S/C14H10N2O5/c17-16(18)11-4-1-2-5-12(11)20-9-10-8-14(21-15-10)13-6-3-7-19-13/h1-8H,9H2. The molecule has 1 aromatic carbocycles. The van der Waals surface area contributed by atoms with Crippen molar-refractivity contribution in [3.05, 3.63) is 64.5 Å². The number of furan rings is 1. The van der Waals surface area contributed by atoms with Crippen LogP contribution in [0.5, 0.6) is 5.75 Å². The van der Waals surface area contributed by atoms with Crippen molar-refractivity contribution in [1.82, 2.24) is 5.16 Å². The first-order chi connectivity index (χ1) is 10.2. The molecule has 0 aliphatic rings. The van der Waals surface area contributed by atoms with Gasteiger partial charge in [0.25, 0.3) is 0 Å². The zero-order chi connectivity index (χ0) is 14.7. The van der Waals surface area contributed by atoms with Gasteiger partial charge in [-0.2, -0.15) is 0 Å². The molecule has 0 aliphatic heterocycles. The summed E-state index contributed by atoms with van der Waals surface area (Å²) in [5.74, 6) is 1.21. The number of hydrogen-bond donors (Lipinski definition) is 0. The maximum absolute atomic E-state index is 10.9. The molecule has 7 nitrogen and oxygen atoms in total. The maximum Gasteiger partial charge on any atom is 0.310 e. The smallest absolute Gasteiger partial charge is 0.310 e. The topological polar surface area (TPSA) is 91.5 Å². The molecule has 0 saturated heterocycles. The Hall–Kier alpha value is -3.09. The van der Waals surface area contributed by atoms with E-state index in [2.05, 4.69) is 5.16 Å². The summed E-state index contributed by atoms with van der Waals surface area (Å²) < 4.78 is 15.7. The second-order valence-corrected chi connectivity index (χ2v) is 4.17. The molecule has 106 valence electrons. The summed E-state index contributed by atoms with van der Waals surface area (Å²) in [4.78, 5) is 10.4. The minimum atomic E-state index is -0.494. The molecule has 0 amide bonds. The van der Waals surface area contributed by atoms with Crippen molar-refractivity contribution in [2.75, 3.05) is 0 Å². The lowest BCUT2D eigenvalue weighted by molar-refractivity contribution is -0.385. The van der Waals surface area contributed by atoms with E-state index in [-0.39, 0.29) is 18.0 Å². The van der Waals surface area contributed by atoms with E-state index >= 15 is 0 Å². The SMILES string of the molecule is O=[N+]([O-])c1ccccc1OCc1cc(-c2ccco2)on1. The van der Waals surface area contributed by atoms with Gasteiger partial charge in [0.15, 0.2) is 11.5 Å². The highest BCUT2D eigenvalue weighted by Gasteiger charge is 2.15. The first-order valence-electron chi connectivity index (χ1n) is 6.10. The summed E-state index contributed by atoms with van der Waals surface area (Å²) in [7, 11) is 0. The third kappa shape index (κ3) is 2.76. The van der Waals surface area contributed by atoms with Crippen LogP contribution in [0, 0.1) is 10.1 Å². The van der Waals surface area contributed by atoms with Gasteiger partial charge in [0.2, 0.25) is 5.76 Å². The number of nitro groups is 1. The van der Waals surface area contributed by atoms with Gasteiger partial charge in [-0.25, -0.2) is 0 Å². The van der Waals surface area contributed by atoms with Crippen LogP contribution in [0.1, 0.15) is 5.69 Å². The monoisotopic (exact) mass is 286 g/mol. The summed E-state index contributed by atoms with van der Waals surface area (Å²) in [5.41, 5.74) is 0.423. The van der Waals surface area contributed by atoms with Crippen LogP contribution in [0.3, 0.4) is 0 Å². The Labute approximate surface area is 118 Å². The molecule has 0 spiro atoms. The van der Waals surface area contributed by atoms with Crippen molar-refractivity contribution < 1.29 is 18.6 Å². The van der Waals surface area contributed by atoms with Gasteiger partial charge in [0.05, 0.1) is 11.2 Å². The van der Waals surface area contributed by atoms with Crippen molar-refractivity contribution in [3.63, 3.8) is 0 Å². The fourth-order valence-electron chi connectivity index (χ4n) is 1.80. The quantitative estimate of drug-likeness (QED) is 0.527. The summed E-state index contributed by atoms with van der Waals surface area (Å²) in [6, 6.07) is 11.3. The van der Waals surface area contributed by atoms with Gasteiger partial charge < -0.3 is 13.7 Å². The zero-order valence-electron chi connectivity index (χ0n) is 10.8. The lowest BCUT2D eigenvalue weighted by atomic mass is 10.3. The molecular formula is C14H10N2O5. The van der Waals surface area contributed by atoms with Crippen LogP contribution in [-0.4, -0.2) is 10.1 Å². The number of aromatic nitrogens is 1. The Kier molecular flexibility index (Phi) is 3.38. The lowest BCUT2D eigenvalue weighted by Crippen LogP contribution is -1.98. The van der Waals surface area contributed by atoms with Crippen molar-refractivity contribution in [1.29, 1.82) is 0 Å². The van der Waals surface area contributed by atoms with Crippen molar-refractivity contribution in [2.24, 2.45) is 0 Å². The van der Waals surface area contributed by atoms with Gasteiger partial charge in [-0.1, -0.05) is 17.3 Å². The molecule has 2 heterocycles. The van der Waals surface area contributed by atoms with Crippen LogP contribution in [0.15, 0.2) is 57.7 Å². The summed E-state index contributed by atoms with van der Waals surface area (Å²) in [6.45, 7) is 0.0645. The fraction of sp³-hybridized carbons (Fsp3) is 0.0714. The lowest BCUT2D eigenvalue weighted by Gasteiger charge is -2.03. The van der Waals surface area contributed by atoms with Crippen molar-refractivity contribution >= 4 is 5.69 Å². The predicted molar refractivity (Wildman–Crippen MR) is 71.6 cm³/mol. The average molecular weight is 286 g/mol. The minimum Gasteiger partial charge on any atom is -0.480 e. The van der Waals surface area contributed by atoms with E-state index in [1.165, 1.54) is 18.4 Å². The number of hydrogen-bond acceptors (Lipinski definition) is 6. The molecule has 0 unspecified atom stereocenters. The second-order valence-electron chi connectivity index (χ2n) is 4.17.